The number of benzene rings is 2. The summed E-state index contributed by atoms with van der Waals surface area (Å²) in [5, 5.41) is 16.8. The fourth-order valence-electron chi connectivity index (χ4n) is 3.79. The van der Waals surface area contributed by atoms with E-state index in [1.54, 1.807) is 43.0 Å². The Labute approximate surface area is 207 Å². The van der Waals surface area contributed by atoms with Crippen molar-refractivity contribution in [2.45, 2.75) is 23.3 Å². The molecule has 10 heteroatoms. The molecule has 2 aromatic carbocycles. The average molecular weight is 523 g/mol. The normalized spacial score (nSPS) is 14.8. The SMILES string of the molecule is Cc1nn(-c2nc3c(s2)SC(C)c2cc(Cl)c(Cl)cc2-3)c(C(=O)O)c1-c1ccc(Cl)cc1. The van der Waals surface area contributed by atoms with Crippen LogP contribution in [0, 0.1) is 6.92 Å². The van der Waals surface area contributed by atoms with Crippen LogP contribution in [-0.4, -0.2) is 25.8 Å². The number of fused-ring (bicyclic) bond motifs is 3. The molecule has 1 aliphatic heterocycles. The quantitative estimate of drug-likeness (QED) is 0.297. The highest BCUT2D eigenvalue weighted by atomic mass is 35.5. The van der Waals surface area contributed by atoms with Crippen molar-refractivity contribution in [1.82, 2.24) is 14.8 Å². The zero-order chi connectivity index (χ0) is 22.7. The molecule has 0 spiro atoms. The van der Waals surface area contributed by atoms with E-state index in [1.807, 2.05) is 12.1 Å². The predicted molar refractivity (Wildman–Crippen MR) is 131 cm³/mol. The van der Waals surface area contributed by atoms with E-state index in [-0.39, 0.29) is 10.9 Å². The molecule has 0 bridgehead atoms. The van der Waals surface area contributed by atoms with Gasteiger partial charge in [0.25, 0.3) is 0 Å². The maximum Gasteiger partial charge on any atom is 0.355 e. The highest BCUT2D eigenvalue weighted by molar-refractivity contribution is 8.01. The molecule has 0 fully saturated rings. The van der Waals surface area contributed by atoms with E-state index < -0.39 is 5.97 Å². The first kappa shape index (κ1) is 21.8. The molecule has 1 aliphatic rings. The van der Waals surface area contributed by atoms with Gasteiger partial charge in [-0.15, -0.1) is 11.8 Å². The molecule has 1 unspecified atom stereocenters. The van der Waals surface area contributed by atoms with Crippen molar-refractivity contribution in [1.29, 1.82) is 0 Å². The van der Waals surface area contributed by atoms with Gasteiger partial charge in [-0.25, -0.2) is 9.78 Å². The Kier molecular flexibility index (Phi) is 5.50. The Balaban J connectivity index is 1.70. The third kappa shape index (κ3) is 3.53. The Hall–Kier alpha value is -2.03. The van der Waals surface area contributed by atoms with Gasteiger partial charge in [0.15, 0.2) is 5.69 Å². The summed E-state index contributed by atoms with van der Waals surface area (Å²) in [6, 6.07) is 10.7. The number of rotatable bonds is 3. The number of hydrogen-bond acceptors (Lipinski definition) is 5. The summed E-state index contributed by atoms with van der Waals surface area (Å²) in [6.07, 6.45) is 0. The number of aromatic carboxylic acids is 1. The first-order chi connectivity index (χ1) is 15.2. The summed E-state index contributed by atoms with van der Waals surface area (Å²) in [7, 11) is 0. The van der Waals surface area contributed by atoms with Gasteiger partial charge >= 0.3 is 5.97 Å². The van der Waals surface area contributed by atoms with E-state index in [2.05, 4.69) is 12.0 Å². The molecule has 162 valence electrons. The van der Waals surface area contributed by atoms with E-state index in [1.165, 1.54) is 16.0 Å². The van der Waals surface area contributed by atoms with Crippen molar-refractivity contribution >= 4 is 63.9 Å². The number of aromatic nitrogens is 3. The largest absolute Gasteiger partial charge is 0.476 e. The molecule has 3 heterocycles. The lowest BCUT2D eigenvalue weighted by Crippen LogP contribution is -2.09. The van der Waals surface area contributed by atoms with Crippen LogP contribution in [-0.2, 0) is 0 Å². The lowest BCUT2D eigenvalue weighted by Gasteiger charge is -2.21. The molecular weight excluding hydrogens is 509 g/mol. The molecule has 2 aromatic heterocycles. The van der Waals surface area contributed by atoms with Gasteiger partial charge in [-0.2, -0.15) is 9.78 Å². The number of carboxylic acid groups (broad SMARTS) is 1. The molecule has 32 heavy (non-hydrogen) atoms. The lowest BCUT2D eigenvalue weighted by atomic mass is 10.0. The van der Waals surface area contributed by atoms with Gasteiger partial charge in [0.05, 0.1) is 25.6 Å². The van der Waals surface area contributed by atoms with Gasteiger partial charge < -0.3 is 5.11 Å². The number of carbonyl (C=O) groups is 1. The molecule has 1 N–H and O–H groups in total. The van der Waals surface area contributed by atoms with Crippen LogP contribution in [0.15, 0.2) is 40.6 Å². The third-order valence-corrected chi connectivity index (χ3v) is 8.58. The number of nitrogens with zero attached hydrogens (tertiary/aromatic N) is 3. The van der Waals surface area contributed by atoms with E-state index >= 15 is 0 Å². The standard InChI is InChI=1S/C22H14Cl3N3O2S2/c1-9-17(11-3-5-12(23)6-4-11)19(20(29)30)28(27-9)22-26-18-14-8-16(25)15(24)7-13(14)10(2)31-21(18)32-22/h3-8,10H,1-2H3,(H,29,30). The Morgan fingerprint density at radius 1 is 1.12 bits per heavy atom. The molecule has 5 nitrogen and oxygen atoms in total. The maximum absolute atomic E-state index is 12.3. The maximum atomic E-state index is 12.3. The molecule has 0 saturated carbocycles. The third-order valence-electron chi connectivity index (χ3n) is 5.23. The van der Waals surface area contributed by atoms with Crippen molar-refractivity contribution < 1.29 is 9.90 Å². The molecule has 0 amide bonds. The van der Waals surface area contributed by atoms with Crippen LogP contribution in [0.4, 0.5) is 0 Å². The Bertz CT molecular complexity index is 1400. The van der Waals surface area contributed by atoms with Crippen LogP contribution in [0.2, 0.25) is 15.1 Å². The van der Waals surface area contributed by atoms with Gasteiger partial charge in [-0.3, -0.25) is 0 Å². The van der Waals surface area contributed by atoms with Crippen molar-refractivity contribution in [3.63, 3.8) is 0 Å². The number of thiazole rings is 1. The zero-order valence-corrected chi connectivity index (χ0v) is 20.6. The minimum atomic E-state index is -1.08. The molecule has 4 aromatic rings. The lowest BCUT2D eigenvalue weighted by molar-refractivity contribution is 0.0688. The average Bonchev–Trinajstić information content (AvgIpc) is 3.31. The highest BCUT2D eigenvalue weighted by Gasteiger charge is 2.30. The number of halogens is 3. The second-order valence-corrected chi connectivity index (χ2v) is 11.1. The van der Waals surface area contributed by atoms with Crippen molar-refractivity contribution in [3.05, 3.63) is 68.4 Å². The summed E-state index contributed by atoms with van der Waals surface area (Å²) in [4.78, 5) is 17.1. The summed E-state index contributed by atoms with van der Waals surface area (Å²) in [6.45, 7) is 3.88. The van der Waals surface area contributed by atoms with Crippen LogP contribution >= 0.6 is 57.9 Å². The molecule has 0 radical (unpaired) electrons. The van der Waals surface area contributed by atoms with Crippen molar-refractivity contribution in [3.8, 4) is 27.5 Å². The van der Waals surface area contributed by atoms with E-state index in [0.29, 0.717) is 31.5 Å². The van der Waals surface area contributed by atoms with Crippen LogP contribution in [0.25, 0.3) is 27.5 Å². The van der Waals surface area contributed by atoms with Crippen molar-refractivity contribution in [2.75, 3.05) is 0 Å². The molecule has 5 rings (SSSR count). The minimum Gasteiger partial charge on any atom is -0.476 e. The van der Waals surface area contributed by atoms with Gasteiger partial charge in [0, 0.05) is 21.4 Å². The van der Waals surface area contributed by atoms with Crippen LogP contribution in [0.5, 0.6) is 0 Å². The van der Waals surface area contributed by atoms with Crippen LogP contribution in [0.1, 0.15) is 33.9 Å². The second kappa shape index (κ2) is 8.08. The smallest absolute Gasteiger partial charge is 0.355 e. The monoisotopic (exact) mass is 521 g/mol. The number of aryl methyl sites for hydroxylation is 1. The first-order valence-electron chi connectivity index (χ1n) is 9.50. The minimum absolute atomic E-state index is 0.0586. The van der Waals surface area contributed by atoms with E-state index in [4.69, 9.17) is 39.8 Å². The summed E-state index contributed by atoms with van der Waals surface area (Å²) >= 11 is 21.6. The van der Waals surface area contributed by atoms with Gasteiger partial charge in [-0.1, -0.05) is 58.3 Å². The number of hydrogen-bond donors (Lipinski definition) is 1. The van der Waals surface area contributed by atoms with E-state index in [0.717, 1.165) is 26.6 Å². The summed E-state index contributed by atoms with van der Waals surface area (Å²) < 4.78 is 2.39. The molecular formula is C22H14Cl3N3O2S2. The van der Waals surface area contributed by atoms with Crippen LogP contribution in [0.3, 0.4) is 0 Å². The fourth-order valence-corrected chi connectivity index (χ4v) is 6.78. The Morgan fingerprint density at radius 2 is 1.81 bits per heavy atom. The van der Waals surface area contributed by atoms with Crippen LogP contribution < -0.4 is 0 Å². The second-order valence-electron chi connectivity index (χ2n) is 7.28. The topological polar surface area (TPSA) is 68.0 Å². The summed E-state index contributed by atoms with van der Waals surface area (Å²) in [5.41, 5.74) is 4.63. The predicted octanol–water partition coefficient (Wildman–Crippen LogP) is 7.80. The molecule has 0 saturated heterocycles. The van der Waals surface area contributed by atoms with Gasteiger partial charge in [-0.05, 0) is 49.2 Å². The molecule has 1 atom stereocenters. The van der Waals surface area contributed by atoms with Gasteiger partial charge in [0.1, 0.15) is 0 Å². The fraction of sp³-hybridized carbons (Fsp3) is 0.136. The first-order valence-corrected chi connectivity index (χ1v) is 12.3. The van der Waals surface area contributed by atoms with E-state index in [9.17, 15) is 9.90 Å². The van der Waals surface area contributed by atoms with Crippen molar-refractivity contribution in [2.24, 2.45) is 0 Å². The Morgan fingerprint density at radius 3 is 2.50 bits per heavy atom. The highest BCUT2D eigenvalue weighted by Crippen LogP contribution is 2.53. The summed E-state index contributed by atoms with van der Waals surface area (Å²) in [5.74, 6) is -1.08. The number of thioether (sulfide) groups is 1. The zero-order valence-electron chi connectivity index (χ0n) is 16.7. The van der Waals surface area contributed by atoms with Gasteiger partial charge in [0.2, 0.25) is 5.13 Å². The number of carboxylic acids is 1. The molecule has 0 aliphatic carbocycles.